The molecule has 0 aliphatic carbocycles. The number of carbonyl (C=O) groups is 2. The third kappa shape index (κ3) is 3.21. The Kier molecular flexibility index (Phi) is 4.86. The molecule has 1 saturated heterocycles. The van der Waals surface area contributed by atoms with Crippen molar-refractivity contribution in [2.45, 2.75) is 30.0 Å². The van der Waals surface area contributed by atoms with Crippen LogP contribution in [0.2, 0.25) is 0 Å². The van der Waals surface area contributed by atoms with Crippen molar-refractivity contribution in [1.82, 2.24) is 4.90 Å². The van der Waals surface area contributed by atoms with Crippen LogP contribution >= 0.6 is 11.8 Å². The summed E-state index contributed by atoms with van der Waals surface area (Å²) < 4.78 is 13.1. The number of hydrogen-bond donors (Lipinski definition) is 0. The minimum absolute atomic E-state index is 0.117. The molecule has 1 atom stereocenters. The van der Waals surface area contributed by atoms with Gasteiger partial charge in [0.1, 0.15) is 5.82 Å². The average molecular weight is 447 g/mol. The van der Waals surface area contributed by atoms with E-state index in [1.807, 2.05) is 68.4 Å². The maximum atomic E-state index is 14.1. The Morgan fingerprint density at radius 1 is 0.969 bits per heavy atom. The second-order valence-electron chi connectivity index (χ2n) is 8.80. The summed E-state index contributed by atoms with van der Waals surface area (Å²) in [7, 11) is 0. The van der Waals surface area contributed by atoms with Gasteiger partial charge in [-0.25, -0.2) is 4.39 Å². The van der Waals surface area contributed by atoms with Crippen molar-refractivity contribution in [3.8, 4) is 0 Å². The van der Waals surface area contributed by atoms with Gasteiger partial charge in [0.25, 0.3) is 11.8 Å². The third-order valence-corrected chi connectivity index (χ3v) is 7.55. The molecular formula is C26H23FN2O2S. The highest BCUT2D eigenvalue weighted by molar-refractivity contribution is 8.02. The maximum absolute atomic E-state index is 14.1. The van der Waals surface area contributed by atoms with Gasteiger partial charge in [0.15, 0.2) is 4.87 Å². The highest BCUT2D eigenvalue weighted by atomic mass is 32.2. The molecule has 6 heteroatoms. The van der Waals surface area contributed by atoms with Crippen LogP contribution in [0.25, 0.3) is 0 Å². The molecule has 162 valence electrons. The number of benzene rings is 3. The van der Waals surface area contributed by atoms with Crippen molar-refractivity contribution in [2.75, 3.05) is 11.4 Å². The number of anilines is 1. The molecule has 0 bridgehead atoms. The molecule has 0 N–H and O–H groups in total. The molecule has 2 aliphatic heterocycles. The first-order chi connectivity index (χ1) is 15.3. The molecule has 0 aromatic heterocycles. The van der Waals surface area contributed by atoms with Crippen molar-refractivity contribution in [1.29, 1.82) is 0 Å². The van der Waals surface area contributed by atoms with E-state index in [9.17, 15) is 14.0 Å². The van der Waals surface area contributed by atoms with E-state index in [-0.39, 0.29) is 16.6 Å². The number of fused-ring (bicyclic) bond motifs is 2. The van der Waals surface area contributed by atoms with E-state index in [4.69, 9.17) is 0 Å². The molecule has 2 amide bonds. The minimum Gasteiger partial charge on any atom is -0.310 e. The van der Waals surface area contributed by atoms with E-state index in [1.54, 1.807) is 9.80 Å². The lowest BCUT2D eigenvalue weighted by molar-refractivity contribution is -0.123. The number of halogens is 1. The largest absolute Gasteiger partial charge is 0.310 e. The van der Waals surface area contributed by atoms with Gasteiger partial charge < -0.3 is 9.80 Å². The summed E-state index contributed by atoms with van der Waals surface area (Å²) in [6.07, 6.45) is 0. The molecule has 0 saturated carbocycles. The van der Waals surface area contributed by atoms with E-state index in [1.165, 1.54) is 36.0 Å². The first kappa shape index (κ1) is 20.8. The number of amides is 2. The second kappa shape index (κ2) is 7.48. The molecule has 2 aliphatic rings. The predicted octanol–water partition coefficient (Wildman–Crippen LogP) is 5.19. The quantitative estimate of drug-likeness (QED) is 0.556. The Morgan fingerprint density at radius 3 is 2.34 bits per heavy atom. The van der Waals surface area contributed by atoms with Crippen LogP contribution in [0.3, 0.4) is 0 Å². The molecule has 1 fully saturated rings. The monoisotopic (exact) mass is 446 g/mol. The Morgan fingerprint density at radius 2 is 1.62 bits per heavy atom. The molecule has 3 aromatic rings. The second-order valence-corrected chi connectivity index (χ2v) is 10.7. The number of thioether (sulfide) groups is 1. The Hall–Kier alpha value is -3.12. The predicted molar refractivity (Wildman–Crippen MR) is 125 cm³/mol. The fourth-order valence-corrected chi connectivity index (χ4v) is 6.36. The van der Waals surface area contributed by atoms with Gasteiger partial charge in [-0.1, -0.05) is 48.5 Å². The third-order valence-electron chi connectivity index (χ3n) is 5.96. The molecule has 2 heterocycles. The van der Waals surface area contributed by atoms with Gasteiger partial charge in [-0.2, -0.15) is 0 Å². The summed E-state index contributed by atoms with van der Waals surface area (Å²) in [6, 6.07) is 23.1. The van der Waals surface area contributed by atoms with Crippen LogP contribution in [0.5, 0.6) is 0 Å². The fraction of sp³-hybridized carbons (Fsp3) is 0.231. The maximum Gasteiger partial charge on any atom is 0.268 e. The Balaban J connectivity index is 1.62. The lowest BCUT2D eigenvalue weighted by Gasteiger charge is -2.33. The number of carbonyl (C=O) groups excluding carboxylic acids is 2. The lowest BCUT2D eigenvalue weighted by atomic mass is 10.0. The molecule has 4 nitrogen and oxygen atoms in total. The van der Waals surface area contributed by atoms with E-state index >= 15 is 0 Å². The van der Waals surface area contributed by atoms with Crippen molar-refractivity contribution < 1.29 is 14.0 Å². The fourth-order valence-electron chi connectivity index (χ4n) is 4.63. The number of rotatable bonds is 3. The molecule has 5 rings (SSSR count). The Bertz CT molecular complexity index is 1200. The molecule has 32 heavy (non-hydrogen) atoms. The van der Waals surface area contributed by atoms with Crippen molar-refractivity contribution in [3.63, 3.8) is 0 Å². The number of para-hydroxylation sites is 1. The normalized spacial score (nSPS) is 21.3. The first-order valence-electron chi connectivity index (χ1n) is 10.5. The van der Waals surface area contributed by atoms with Crippen molar-refractivity contribution >= 4 is 29.3 Å². The van der Waals surface area contributed by atoms with Gasteiger partial charge in [0.2, 0.25) is 0 Å². The minimum atomic E-state index is -1.15. The van der Waals surface area contributed by atoms with Crippen LogP contribution in [0.15, 0.2) is 78.9 Å². The summed E-state index contributed by atoms with van der Waals surface area (Å²) in [4.78, 5) is 30.1. The van der Waals surface area contributed by atoms with E-state index in [0.29, 0.717) is 18.7 Å². The lowest BCUT2D eigenvalue weighted by Crippen LogP contribution is -2.50. The van der Waals surface area contributed by atoms with E-state index in [2.05, 4.69) is 0 Å². The number of hydrogen-bond acceptors (Lipinski definition) is 3. The van der Waals surface area contributed by atoms with Crippen LogP contribution in [-0.2, 0) is 16.2 Å². The zero-order valence-electron chi connectivity index (χ0n) is 17.9. The van der Waals surface area contributed by atoms with Crippen LogP contribution in [0.4, 0.5) is 10.1 Å². The van der Waals surface area contributed by atoms with Gasteiger partial charge in [0, 0.05) is 22.4 Å². The van der Waals surface area contributed by atoms with E-state index < -0.39 is 10.7 Å². The molecule has 1 spiro atoms. The Labute approximate surface area is 191 Å². The zero-order chi connectivity index (χ0) is 22.5. The smallest absolute Gasteiger partial charge is 0.268 e. The van der Waals surface area contributed by atoms with Crippen LogP contribution in [0.1, 0.15) is 35.3 Å². The van der Waals surface area contributed by atoms with Crippen molar-refractivity contribution in [3.05, 3.63) is 101 Å². The van der Waals surface area contributed by atoms with E-state index in [0.717, 1.165) is 16.8 Å². The van der Waals surface area contributed by atoms with Crippen LogP contribution in [0, 0.1) is 5.82 Å². The van der Waals surface area contributed by atoms with Crippen LogP contribution in [-0.4, -0.2) is 28.0 Å². The SMILES string of the molecule is CC1(C)CN(C(=O)c2ccc(F)cc2)[C@@]2(S1)C(=O)N(Cc1ccccc1)c1ccccc12. The summed E-state index contributed by atoms with van der Waals surface area (Å²) >= 11 is 1.52. The summed E-state index contributed by atoms with van der Waals surface area (Å²) in [5.41, 5.74) is 3.04. The molecular weight excluding hydrogens is 423 g/mol. The molecule has 0 radical (unpaired) electrons. The molecule has 0 unspecified atom stereocenters. The molecule has 3 aromatic carbocycles. The van der Waals surface area contributed by atoms with Gasteiger partial charge >= 0.3 is 0 Å². The number of nitrogens with zero attached hydrogens (tertiary/aromatic N) is 2. The van der Waals surface area contributed by atoms with Crippen molar-refractivity contribution in [2.24, 2.45) is 0 Å². The summed E-state index contributed by atoms with van der Waals surface area (Å²) in [6.45, 7) is 4.94. The van der Waals surface area contributed by atoms with Gasteiger partial charge in [0.05, 0.1) is 12.2 Å². The van der Waals surface area contributed by atoms with Gasteiger partial charge in [-0.15, -0.1) is 11.8 Å². The highest BCUT2D eigenvalue weighted by Gasteiger charge is 2.63. The average Bonchev–Trinajstić information content (AvgIpc) is 3.21. The summed E-state index contributed by atoms with van der Waals surface area (Å²) in [5.74, 6) is -0.787. The summed E-state index contributed by atoms with van der Waals surface area (Å²) in [5, 5.41) is 0. The zero-order valence-corrected chi connectivity index (χ0v) is 18.7. The highest BCUT2D eigenvalue weighted by Crippen LogP contribution is 2.60. The van der Waals surface area contributed by atoms with Gasteiger partial charge in [-0.05, 0) is 49.7 Å². The topological polar surface area (TPSA) is 40.6 Å². The van der Waals surface area contributed by atoms with Crippen LogP contribution < -0.4 is 4.90 Å². The first-order valence-corrected chi connectivity index (χ1v) is 11.4. The standard InChI is InChI=1S/C26H23FN2O2S/c1-25(2)17-29(23(30)19-12-14-20(27)15-13-19)26(32-25)21-10-6-7-11-22(21)28(24(26)31)16-18-8-4-3-5-9-18/h3-15H,16-17H2,1-2H3/t26-/m0/s1. The van der Waals surface area contributed by atoms with Gasteiger partial charge in [-0.3, -0.25) is 9.59 Å².